The Labute approximate surface area is 95.0 Å². The minimum absolute atomic E-state index is 0.361. The van der Waals surface area contributed by atoms with Gasteiger partial charge in [-0.2, -0.15) is 8.78 Å². The first kappa shape index (κ1) is 12.8. The fourth-order valence-electron chi connectivity index (χ4n) is 1.10. The van der Waals surface area contributed by atoms with Crippen LogP contribution < -0.4 is 4.74 Å². The number of halogens is 4. The van der Waals surface area contributed by atoms with Crippen LogP contribution in [0.25, 0.3) is 0 Å². The molecule has 2 nitrogen and oxygen atoms in total. The van der Waals surface area contributed by atoms with Crippen molar-refractivity contribution in [3.63, 3.8) is 0 Å². The number of benzene rings is 1. The van der Waals surface area contributed by atoms with Crippen LogP contribution in [0.4, 0.5) is 13.2 Å². The summed E-state index contributed by atoms with van der Waals surface area (Å²) in [6.45, 7) is -1.78. The monoisotopic (exact) mass is 252 g/mol. The second-order valence-corrected chi connectivity index (χ2v) is 3.63. The summed E-state index contributed by atoms with van der Waals surface area (Å²) in [6.07, 6.45) is 0. The van der Waals surface area contributed by atoms with E-state index in [4.69, 9.17) is 11.6 Å². The first-order valence-electron chi connectivity index (χ1n) is 4.35. The van der Waals surface area contributed by atoms with Crippen molar-refractivity contribution < 1.29 is 22.7 Å². The highest BCUT2D eigenvalue weighted by Gasteiger charge is 2.20. The summed E-state index contributed by atoms with van der Waals surface area (Å²) in [5.74, 6) is -2.47. The standard InChI is InChI=1S/C10H8ClF3O2/c1-5(11)9(15)6-3-2-4-7(8(6)12)16-10(13)14/h2-5,10H,1H3. The number of alkyl halides is 3. The maximum absolute atomic E-state index is 13.5. The molecule has 1 rings (SSSR count). The van der Waals surface area contributed by atoms with Crippen LogP contribution in [0.15, 0.2) is 18.2 Å². The van der Waals surface area contributed by atoms with E-state index in [9.17, 15) is 18.0 Å². The second-order valence-electron chi connectivity index (χ2n) is 2.98. The van der Waals surface area contributed by atoms with E-state index in [-0.39, 0.29) is 5.56 Å². The number of carbonyl (C=O) groups is 1. The molecule has 1 aromatic carbocycles. The van der Waals surface area contributed by atoms with Gasteiger partial charge < -0.3 is 4.74 Å². The average molecular weight is 253 g/mol. The van der Waals surface area contributed by atoms with Gasteiger partial charge in [0.15, 0.2) is 17.3 Å². The number of carbonyl (C=O) groups excluding carboxylic acids is 1. The van der Waals surface area contributed by atoms with Gasteiger partial charge >= 0.3 is 6.61 Å². The third-order valence-electron chi connectivity index (χ3n) is 1.81. The molecular weight excluding hydrogens is 245 g/mol. The summed E-state index contributed by atoms with van der Waals surface area (Å²) in [6, 6.07) is 3.42. The van der Waals surface area contributed by atoms with Crippen LogP contribution in [0.2, 0.25) is 0 Å². The third-order valence-corrected chi connectivity index (χ3v) is 2.00. The Morgan fingerprint density at radius 3 is 2.56 bits per heavy atom. The number of hydrogen-bond acceptors (Lipinski definition) is 2. The van der Waals surface area contributed by atoms with E-state index in [0.29, 0.717) is 0 Å². The van der Waals surface area contributed by atoms with Crippen molar-refractivity contribution in [2.24, 2.45) is 0 Å². The smallest absolute Gasteiger partial charge is 0.387 e. The molecule has 0 heterocycles. The van der Waals surface area contributed by atoms with E-state index in [0.717, 1.165) is 12.1 Å². The van der Waals surface area contributed by atoms with Crippen molar-refractivity contribution >= 4 is 17.4 Å². The Bertz CT molecular complexity index is 394. The highest BCUT2D eigenvalue weighted by atomic mass is 35.5. The lowest BCUT2D eigenvalue weighted by Crippen LogP contribution is -2.14. The maximum atomic E-state index is 13.5. The van der Waals surface area contributed by atoms with Crippen LogP contribution in [-0.2, 0) is 0 Å². The van der Waals surface area contributed by atoms with Crippen LogP contribution >= 0.6 is 11.6 Å². The summed E-state index contributed by atoms with van der Waals surface area (Å²) in [5, 5.41) is -0.934. The largest absolute Gasteiger partial charge is 0.432 e. The van der Waals surface area contributed by atoms with Gasteiger partial charge in [-0.05, 0) is 19.1 Å². The van der Waals surface area contributed by atoms with Gasteiger partial charge in [-0.15, -0.1) is 11.6 Å². The van der Waals surface area contributed by atoms with Gasteiger partial charge in [0.25, 0.3) is 0 Å². The van der Waals surface area contributed by atoms with E-state index >= 15 is 0 Å². The molecule has 0 spiro atoms. The van der Waals surface area contributed by atoms with Gasteiger partial charge in [-0.25, -0.2) is 4.39 Å². The molecule has 16 heavy (non-hydrogen) atoms. The Morgan fingerprint density at radius 2 is 2.06 bits per heavy atom. The van der Waals surface area contributed by atoms with Gasteiger partial charge in [0.2, 0.25) is 0 Å². The molecule has 0 aliphatic carbocycles. The molecule has 0 aliphatic rings. The molecule has 0 aromatic heterocycles. The van der Waals surface area contributed by atoms with E-state index < -0.39 is 29.3 Å². The molecule has 6 heteroatoms. The third kappa shape index (κ3) is 2.88. The first-order chi connectivity index (χ1) is 7.43. The highest BCUT2D eigenvalue weighted by Crippen LogP contribution is 2.23. The topological polar surface area (TPSA) is 26.3 Å². The lowest BCUT2D eigenvalue weighted by molar-refractivity contribution is -0.0522. The van der Waals surface area contributed by atoms with Crippen LogP contribution in [0.3, 0.4) is 0 Å². The molecule has 88 valence electrons. The molecule has 1 atom stereocenters. The molecule has 0 fully saturated rings. The first-order valence-corrected chi connectivity index (χ1v) is 4.78. The number of ether oxygens (including phenoxy) is 1. The van der Waals surface area contributed by atoms with Crippen molar-refractivity contribution in [3.8, 4) is 5.75 Å². The van der Waals surface area contributed by atoms with Crippen LogP contribution in [0.1, 0.15) is 17.3 Å². The second kappa shape index (κ2) is 5.21. The summed E-state index contributed by atoms with van der Waals surface area (Å²) >= 11 is 5.49. The predicted molar refractivity (Wildman–Crippen MR) is 52.7 cm³/mol. The van der Waals surface area contributed by atoms with Crippen LogP contribution in [-0.4, -0.2) is 17.8 Å². The van der Waals surface area contributed by atoms with E-state index in [1.165, 1.54) is 13.0 Å². The lowest BCUT2D eigenvalue weighted by Gasteiger charge is -2.09. The Hall–Kier alpha value is -1.23. The van der Waals surface area contributed by atoms with Gasteiger partial charge in [0.05, 0.1) is 10.9 Å². The summed E-state index contributed by atoms with van der Waals surface area (Å²) in [4.78, 5) is 11.4. The van der Waals surface area contributed by atoms with Gasteiger partial charge in [-0.1, -0.05) is 6.07 Å². The molecule has 0 radical (unpaired) electrons. The fraction of sp³-hybridized carbons (Fsp3) is 0.300. The van der Waals surface area contributed by atoms with Crippen LogP contribution in [0.5, 0.6) is 5.75 Å². The molecule has 0 saturated carbocycles. The Kier molecular flexibility index (Phi) is 4.18. The summed E-state index contributed by atoms with van der Waals surface area (Å²) in [7, 11) is 0. The molecule has 0 amide bonds. The Morgan fingerprint density at radius 1 is 1.44 bits per heavy atom. The molecule has 0 bridgehead atoms. The highest BCUT2D eigenvalue weighted by molar-refractivity contribution is 6.33. The normalized spacial score (nSPS) is 12.6. The fourth-order valence-corrected chi connectivity index (χ4v) is 1.22. The van der Waals surface area contributed by atoms with Crippen LogP contribution in [0, 0.1) is 5.82 Å². The lowest BCUT2D eigenvalue weighted by atomic mass is 10.1. The average Bonchev–Trinajstić information content (AvgIpc) is 2.19. The van der Waals surface area contributed by atoms with Gasteiger partial charge in [0, 0.05) is 0 Å². The van der Waals surface area contributed by atoms with E-state index in [1.807, 2.05) is 0 Å². The molecule has 0 aliphatic heterocycles. The molecule has 0 saturated heterocycles. The zero-order valence-electron chi connectivity index (χ0n) is 8.22. The minimum Gasteiger partial charge on any atom is -0.432 e. The minimum atomic E-state index is -3.15. The van der Waals surface area contributed by atoms with Crippen molar-refractivity contribution in [2.45, 2.75) is 18.9 Å². The van der Waals surface area contributed by atoms with E-state index in [2.05, 4.69) is 4.74 Å². The predicted octanol–water partition coefficient (Wildman–Crippen LogP) is 3.24. The zero-order valence-corrected chi connectivity index (χ0v) is 8.97. The number of rotatable bonds is 4. The number of ketones is 1. The van der Waals surface area contributed by atoms with Crippen molar-refractivity contribution in [1.82, 2.24) is 0 Å². The van der Waals surface area contributed by atoms with Crippen molar-refractivity contribution in [1.29, 1.82) is 0 Å². The maximum Gasteiger partial charge on any atom is 0.387 e. The van der Waals surface area contributed by atoms with Gasteiger partial charge in [-0.3, -0.25) is 4.79 Å². The summed E-state index contributed by atoms with van der Waals surface area (Å²) < 4.78 is 41.2. The number of hydrogen-bond donors (Lipinski definition) is 0. The molecule has 0 N–H and O–H groups in total. The Balaban J connectivity index is 3.08. The number of Topliss-reactive ketones (excluding diaryl/α,β-unsaturated/α-hetero) is 1. The van der Waals surface area contributed by atoms with Gasteiger partial charge in [0.1, 0.15) is 0 Å². The zero-order chi connectivity index (χ0) is 12.3. The summed E-state index contributed by atoms with van der Waals surface area (Å²) in [5.41, 5.74) is -0.361. The SMILES string of the molecule is CC(Cl)C(=O)c1cccc(OC(F)F)c1F. The molecule has 1 unspecified atom stereocenters. The molecular formula is C10H8ClF3O2. The van der Waals surface area contributed by atoms with Crippen molar-refractivity contribution in [2.75, 3.05) is 0 Å². The quantitative estimate of drug-likeness (QED) is 0.607. The van der Waals surface area contributed by atoms with E-state index in [1.54, 1.807) is 0 Å². The van der Waals surface area contributed by atoms with Crippen molar-refractivity contribution in [3.05, 3.63) is 29.6 Å². The molecule has 1 aromatic rings.